The molecule has 1 N–H and O–H groups in total. The topological polar surface area (TPSA) is 37.3 Å². The molecule has 1 aromatic rings. The molecule has 1 fully saturated rings. The maximum Gasteiger partial charge on any atom is 0.270 e. The number of halogens is 1. The van der Waals surface area contributed by atoms with E-state index in [4.69, 9.17) is 0 Å². The molecule has 0 aliphatic carbocycles. The summed E-state index contributed by atoms with van der Waals surface area (Å²) in [7, 11) is 0. The molecule has 0 unspecified atom stereocenters. The summed E-state index contributed by atoms with van der Waals surface area (Å²) in [4.78, 5) is 14.7. The highest BCUT2D eigenvalue weighted by molar-refractivity contribution is 9.10. The predicted octanol–water partition coefficient (Wildman–Crippen LogP) is 2.73. The van der Waals surface area contributed by atoms with Crippen molar-refractivity contribution in [1.82, 2.24) is 14.8 Å². The van der Waals surface area contributed by atoms with Crippen LogP contribution in [-0.4, -0.2) is 41.6 Å². The van der Waals surface area contributed by atoms with Crippen molar-refractivity contribution in [2.45, 2.75) is 33.2 Å². The van der Waals surface area contributed by atoms with E-state index in [1.807, 2.05) is 21.7 Å². The van der Waals surface area contributed by atoms with E-state index in [1.165, 1.54) is 12.8 Å². The fourth-order valence-electron chi connectivity index (χ4n) is 2.81. The minimum atomic E-state index is 0.151. The molecule has 2 rings (SSSR count). The van der Waals surface area contributed by atoms with Crippen LogP contribution in [0.25, 0.3) is 0 Å². The minimum Gasteiger partial charge on any atom is -0.343 e. The average Bonchev–Trinajstić information content (AvgIpc) is 2.86. The van der Waals surface area contributed by atoms with Gasteiger partial charge in [0.05, 0.1) is 0 Å². The van der Waals surface area contributed by atoms with Gasteiger partial charge in [0.15, 0.2) is 0 Å². The highest BCUT2D eigenvalue weighted by atomic mass is 79.9. The van der Waals surface area contributed by atoms with Crippen molar-refractivity contribution in [3.8, 4) is 0 Å². The van der Waals surface area contributed by atoms with Crippen LogP contribution < -0.4 is 5.32 Å². The fourth-order valence-corrected chi connectivity index (χ4v) is 3.27. The number of piperidine rings is 1. The van der Waals surface area contributed by atoms with E-state index in [9.17, 15) is 4.79 Å². The lowest BCUT2D eigenvalue weighted by atomic mass is 9.97. The average molecular weight is 342 g/mol. The normalized spacial score (nSPS) is 16.4. The molecule has 1 aromatic heterocycles. The third kappa shape index (κ3) is 3.64. The zero-order chi connectivity index (χ0) is 14.5. The lowest BCUT2D eigenvalue weighted by Gasteiger charge is -2.29. The van der Waals surface area contributed by atoms with E-state index in [1.54, 1.807) is 0 Å². The highest BCUT2D eigenvalue weighted by Crippen LogP contribution is 2.19. The monoisotopic (exact) mass is 341 g/mol. The van der Waals surface area contributed by atoms with Crippen LogP contribution in [0.1, 0.15) is 37.2 Å². The molecule has 20 heavy (non-hydrogen) atoms. The first-order valence-electron chi connectivity index (χ1n) is 7.51. The Balaban J connectivity index is 2.07. The number of carbonyl (C=O) groups excluding carboxylic acids is 1. The summed E-state index contributed by atoms with van der Waals surface area (Å²) in [5.41, 5.74) is 0.787. The Bertz CT molecular complexity index is 452. The van der Waals surface area contributed by atoms with Crippen LogP contribution in [0.15, 0.2) is 16.7 Å². The van der Waals surface area contributed by atoms with Crippen molar-refractivity contribution in [2.75, 3.05) is 26.2 Å². The number of rotatable bonds is 5. The molecule has 1 amide bonds. The first-order chi connectivity index (χ1) is 9.65. The molecule has 0 atom stereocenters. The maximum absolute atomic E-state index is 12.7. The number of aryl methyl sites for hydroxylation is 1. The Morgan fingerprint density at radius 2 is 2.15 bits per heavy atom. The van der Waals surface area contributed by atoms with Crippen LogP contribution in [0, 0.1) is 5.92 Å². The van der Waals surface area contributed by atoms with Crippen LogP contribution in [0.5, 0.6) is 0 Å². The summed E-state index contributed by atoms with van der Waals surface area (Å²) in [6.07, 6.45) is 4.32. The number of hydrogen-bond acceptors (Lipinski definition) is 2. The van der Waals surface area contributed by atoms with Gasteiger partial charge >= 0.3 is 0 Å². The number of carbonyl (C=O) groups is 1. The Labute approximate surface area is 129 Å². The molecule has 5 heteroatoms. The Hall–Kier alpha value is -0.810. The smallest absolute Gasteiger partial charge is 0.270 e. The fraction of sp³-hybridized carbons (Fsp3) is 0.667. The standard InChI is InChI=1S/C15H24BrN3O/c1-3-18-11-13(16)9-14(18)15(20)19(4-2)10-12-5-7-17-8-6-12/h9,11-12,17H,3-8,10H2,1-2H3. The van der Waals surface area contributed by atoms with Gasteiger partial charge in [-0.15, -0.1) is 0 Å². The summed E-state index contributed by atoms with van der Waals surface area (Å²) < 4.78 is 2.98. The molecule has 0 aromatic carbocycles. The summed E-state index contributed by atoms with van der Waals surface area (Å²) in [6.45, 7) is 8.75. The van der Waals surface area contributed by atoms with Gasteiger partial charge < -0.3 is 14.8 Å². The predicted molar refractivity (Wildman–Crippen MR) is 85.0 cm³/mol. The van der Waals surface area contributed by atoms with Crippen molar-refractivity contribution >= 4 is 21.8 Å². The lowest BCUT2D eigenvalue weighted by Crippen LogP contribution is -2.39. The maximum atomic E-state index is 12.7. The molecular formula is C15H24BrN3O. The molecule has 0 saturated carbocycles. The molecule has 2 heterocycles. The van der Waals surface area contributed by atoms with Gasteiger partial charge in [-0.2, -0.15) is 0 Å². The molecule has 0 spiro atoms. The third-order valence-corrected chi connectivity index (χ3v) is 4.46. The molecule has 1 aliphatic rings. The molecule has 112 valence electrons. The van der Waals surface area contributed by atoms with Crippen molar-refractivity contribution in [2.24, 2.45) is 5.92 Å². The zero-order valence-electron chi connectivity index (χ0n) is 12.4. The van der Waals surface area contributed by atoms with Gasteiger partial charge in [0.1, 0.15) is 5.69 Å². The third-order valence-electron chi connectivity index (χ3n) is 4.03. The van der Waals surface area contributed by atoms with Gasteiger partial charge in [0.2, 0.25) is 0 Å². The van der Waals surface area contributed by atoms with E-state index in [0.29, 0.717) is 5.92 Å². The van der Waals surface area contributed by atoms with Crippen LogP contribution in [0.4, 0.5) is 0 Å². The summed E-state index contributed by atoms with van der Waals surface area (Å²) >= 11 is 3.46. The van der Waals surface area contributed by atoms with Gasteiger partial charge in [-0.25, -0.2) is 0 Å². The quantitative estimate of drug-likeness (QED) is 0.893. The molecule has 1 aliphatic heterocycles. The van der Waals surface area contributed by atoms with E-state index < -0.39 is 0 Å². The number of nitrogens with one attached hydrogen (secondary N) is 1. The largest absolute Gasteiger partial charge is 0.343 e. The van der Waals surface area contributed by atoms with Gasteiger partial charge in [-0.1, -0.05) is 0 Å². The molecule has 0 bridgehead atoms. The number of nitrogens with zero attached hydrogens (tertiary/aromatic N) is 2. The molecule has 4 nitrogen and oxygen atoms in total. The Morgan fingerprint density at radius 3 is 2.75 bits per heavy atom. The first-order valence-corrected chi connectivity index (χ1v) is 8.30. The first kappa shape index (κ1) is 15.6. The number of aromatic nitrogens is 1. The van der Waals surface area contributed by atoms with Gasteiger partial charge in [-0.3, -0.25) is 4.79 Å². The SMILES string of the molecule is CCN(CC1CCNCC1)C(=O)c1cc(Br)cn1CC. The molecule has 1 saturated heterocycles. The van der Waals surface area contributed by atoms with E-state index in [0.717, 1.165) is 42.9 Å². The van der Waals surface area contributed by atoms with Crippen LogP contribution in [0.3, 0.4) is 0 Å². The van der Waals surface area contributed by atoms with Crippen LogP contribution in [-0.2, 0) is 6.54 Å². The zero-order valence-corrected chi connectivity index (χ0v) is 13.9. The van der Waals surface area contributed by atoms with Crippen molar-refractivity contribution in [1.29, 1.82) is 0 Å². The van der Waals surface area contributed by atoms with E-state index in [2.05, 4.69) is 35.1 Å². The van der Waals surface area contributed by atoms with Gasteiger partial charge in [0.25, 0.3) is 5.91 Å². The summed E-state index contributed by atoms with van der Waals surface area (Å²) in [5, 5.41) is 3.37. The van der Waals surface area contributed by atoms with Crippen LogP contribution in [0.2, 0.25) is 0 Å². The van der Waals surface area contributed by atoms with Gasteiger partial charge in [-0.05, 0) is 67.7 Å². The Kier molecular flexibility index (Phi) is 5.66. The van der Waals surface area contributed by atoms with Crippen molar-refractivity contribution in [3.63, 3.8) is 0 Å². The van der Waals surface area contributed by atoms with Gasteiger partial charge in [0, 0.05) is 30.3 Å². The molecular weight excluding hydrogens is 318 g/mol. The summed E-state index contributed by atoms with van der Waals surface area (Å²) in [5.74, 6) is 0.784. The lowest BCUT2D eigenvalue weighted by molar-refractivity contribution is 0.0716. The highest BCUT2D eigenvalue weighted by Gasteiger charge is 2.22. The van der Waals surface area contributed by atoms with E-state index in [-0.39, 0.29) is 5.91 Å². The number of hydrogen-bond donors (Lipinski definition) is 1. The second-order valence-electron chi connectivity index (χ2n) is 5.37. The van der Waals surface area contributed by atoms with E-state index >= 15 is 0 Å². The second kappa shape index (κ2) is 7.27. The van der Waals surface area contributed by atoms with Crippen LogP contribution >= 0.6 is 15.9 Å². The second-order valence-corrected chi connectivity index (χ2v) is 6.28. The number of amides is 1. The van der Waals surface area contributed by atoms with Crippen molar-refractivity contribution < 1.29 is 4.79 Å². The summed E-state index contributed by atoms with van der Waals surface area (Å²) in [6, 6.07) is 1.93. The minimum absolute atomic E-state index is 0.151. The van der Waals surface area contributed by atoms with Crippen molar-refractivity contribution in [3.05, 3.63) is 22.4 Å². The Morgan fingerprint density at radius 1 is 1.45 bits per heavy atom. The molecule has 0 radical (unpaired) electrons.